The standard InChI is InChI=1S/C27H31FN4O2/c1-27(2,3)26(33)32(22-12-10-21(28)11-13-22)18-20-9-14-24(30-17-20)31-16-6-7-23(31)19-34-25-8-4-5-15-29-25/h4-5,8-15,17,23H,6-7,16,18-19H2,1-3H3/t23-/m0/s1. The molecule has 7 heteroatoms. The van der Waals surface area contributed by atoms with Crippen molar-refractivity contribution in [3.63, 3.8) is 0 Å². The number of carbonyl (C=O) groups excluding carboxylic acids is 1. The molecule has 1 atom stereocenters. The SMILES string of the molecule is CC(C)(C)C(=O)N(Cc1ccc(N2CCC[C@H]2COc2ccccn2)nc1)c1ccc(F)cc1. The summed E-state index contributed by atoms with van der Waals surface area (Å²) in [5, 5.41) is 0. The predicted octanol–water partition coefficient (Wildman–Crippen LogP) is 5.24. The van der Waals surface area contributed by atoms with Crippen LogP contribution >= 0.6 is 0 Å². The van der Waals surface area contributed by atoms with Crippen LogP contribution in [0.15, 0.2) is 67.0 Å². The molecule has 2 aromatic heterocycles. The van der Waals surface area contributed by atoms with E-state index in [2.05, 4.69) is 9.88 Å². The number of aromatic nitrogens is 2. The lowest BCUT2D eigenvalue weighted by Crippen LogP contribution is -2.39. The van der Waals surface area contributed by atoms with Gasteiger partial charge >= 0.3 is 0 Å². The Kier molecular flexibility index (Phi) is 7.10. The summed E-state index contributed by atoms with van der Waals surface area (Å²) in [6, 6.07) is 15.9. The summed E-state index contributed by atoms with van der Waals surface area (Å²) < 4.78 is 19.3. The highest BCUT2D eigenvalue weighted by molar-refractivity contribution is 5.96. The first-order chi connectivity index (χ1) is 16.3. The molecule has 6 nitrogen and oxygen atoms in total. The minimum Gasteiger partial charge on any atom is -0.475 e. The third-order valence-corrected chi connectivity index (χ3v) is 5.91. The van der Waals surface area contributed by atoms with Gasteiger partial charge in [-0.2, -0.15) is 0 Å². The lowest BCUT2D eigenvalue weighted by Gasteiger charge is -2.30. The van der Waals surface area contributed by atoms with Crippen molar-refractivity contribution >= 4 is 17.4 Å². The van der Waals surface area contributed by atoms with Gasteiger partial charge in [-0.3, -0.25) is 4.79 Å². The molecular weight excluding hydrogens is 431 g/mol. The van der Waals surface area contributed by atoms with E-state index >= 15 is 0 Å². The number of pyridine rings is 2. The van der Waals surface area contributed by atoms with Crippen LogP contribution in [0.25, 0.3) is 0 Å². The van der Waals surface area contributed by atoms with Gasteiger partial charge in [-0.25, -0.2) is 14.4 Å². The number of benzene rings is 1. The molecule has 0 saturated carbocycles. The van der Waals surface area contributed by atoms with Crippen molar-refractivity contribution in [3.8, 4) is 5.88 Å². The lowest BCUT2D eigenvalue weighted by molar-refractivity contribution is -0.125. The van der Waals surface area contributed by atoms with Crippen LogP contribution in [-0.4, -0.2) is 35.1 Å². The van der Waals surface area contributed by atoms with Crippen molar-refractivity contribution in [1.29, 1.82) is 0 Å². The summed E-state index contributed by atoms with van der Waals surface area (Å²) in [4.78, 5) is 26.0. The maximum absolute atomic E-state index is 13.5. The molecule has 0 aliphatic carbocycles. The van der Waals surface area contributed by atoms with Gasteiger partial charge in [-0.15, -0.1) is 0 Å². The zero-order valence-corrected chi connectivity index (χ0v) is 19.9. The number of anilines is 2. The van der Waals surface area contributed by atoms with E-state index in [-0.39, 0.29) is 17.8 Å². The molecule has 3 heterocycles. The Morgan fingerprint density at radius 1 is 1.12 bits per heavy atom. The third-order valence-electron chi connectivity index (χ3n) is 5.91. The first-order valence-corrected chi connectivity index (χ1v) is 11.6. The highest BCUT2D eigenvalue weighted by Gasteiger charge is 2.29. The van der Waals surface area contributed by atoms with Crippen molar-refractivity contribution in [3.05, 3.63) is 78.4 Å². The Bertz CT molecular complexity index is 1080. The highest BCUT2D eigenvalue weighted by atomic mass is 19.1. The van der Waals surface area contributed by atoms with Crippen molar-refractivity contribution in [2.75, 3.05) is 23.0 Å². The number of amides is 1. The number of hydrogen-bond acceptors (Lipinski definition) is 5. The quantitative estimate of drug-likeness (QED) is 0.480. The van der Waals surface area contributed by atoms with Crippen LogP contribution < -0.4 is 14.5 Å². The molecule has 0 bridgehead atoms. The second-order valence-electron chi connectivity index (χ2n) is 9.61. The van der Waals surface area contributed by atoms with E-state index in [1.807, 2.05) is 57.3 Å². The van der Waals surface area contributed by atoms with Gasteiger partial charge in [-0.05, 0) is 54.8 Å². The van der Waals surface area contributed by atoms with Crippen LogP contribution in [0.5, 0.6) is 5.88 Å². The van der Waals surface area contributed by atoms with Crippen LogP contribution in [-0.2, 0) is 11.3 Å². The normalized spacial score (nSPS) is 15.9. The zero-order valence-electron chi connectivity index (χ0n) is 19.9. The number of carbonyl (C=O) groups is 1. The van der Waals surface area contributed by atoms with Gasteiger partial charge in [0.15, 0.2) is 0 Å². The van der Waals surface area contributed by atoms with Gasteiger partial charge in [0.05, 0.1) is 12.6 Å². The van der Waals surface area contributed by atoms with Crippen LogP contribution in [0.4, 0.5) is 15.9 Å². The van der Waals surface area contributed by atoms with Crippen LogP contribution in [0, 0.1) is 11.2 Å². The largest absolute Gasteiger partial charge is 0.475 e. The van der Waals surface area contributed by atoms with E-state index in [4.69, 9.17) is 9.72 Å². The Labute approximate surface area is 200 Å². The molecule has 34 heavy (non-hydrogen) atoms. The molecule has 1 aliphatic heterocycles. The fraction of sp³-hybridized carbons (Fsp3) is 0.370. The molecule has 1 saturated heterocycles. The first kappa shape index (κ1) is 23.7. The van der Waals surface area contributed by atoms with Crippen LogP contribution in [0.1, 0.15) is 39.2 Å². The minimum atomic E-state index is -0.571. The molecule has 1 aromatic carbocycles. The summed E-state index contributed by atoms with van der Waals surface area (Å²) in [7, 11) is 0. The molecular formula is C27H31FN4O2. The number of nitrogens with zero attached hydrogens (tertiary/aromatic N) is 4. The van der Waals surface area contributed by atoms with Crippen LogP contribution in [0.2, 0.25) is 0 Å². The van der Waals surface area contributed by atoms with E-state index in [1.54, 1.807) is 23.2 Å². The fourth-order valence-corrected chi connectivity index (χ4v) is 4.09. The highest BCUT2D eigenvalue weighted by Crippen LogP contribution is 2.27. The molecule has 4 rings (SSSR count). The second-order valence-corrected chi connectivity index (χ2v) is 9.61. The molecule has 0 N–H and O–H groups in total. The Hall–Kier alpha value is -3.48. The summed E-state index contributed by atoms with van der Waals surface area (Å²) in [6.45, 7) is 7.49. The van der Waals surface area contributed by atoms with Gasteiger partial charge < -0.3 is 14.5 Å². The maximum Gasteiger partial charge on any atom is 0.232 e. The number of halogens is 1. The Morgan fingerprint density at radius 3 is 2.56 bits per heavy atom. The predicted molar refractivity (Wildman–Crippen MR) is 131 cm³/mol. The van der Waals surface area contributed by atoms with Crippen molar-refractivity contribution in [2.45, 2.75) is 46.2 Å². The zero-order chi connectivity index (χ0) is 24.1. The average molecular weight is 463 g/mol. The molecule has 178 valence electrons. The fourth-order valence-electron chi connectivity index (χ4n) is 4.09. The maximum atomic E-state index is 13.5. The molecule has 1 amide bonds. The first-order valence-electron chi connectivity index (χ1n) is 11.6. The Morgan fingerprint density at radius 2 is 1.91 bits per heavy atom. The van der Waals surface area contributed by atoms with Crippen LogP contribution in [0.3, 0.4) is 0 Å². The summed E-state index contributed by atoms with van der Waals surface area (Å²) >= 11 is 0. The topological polar surface area (TPSA) is 58.6 Å². The summed E-state index contributed by atoms with van der Waals surface area (Å²) in [5.41, 5.74) is 1.00. The number of ether oxygens (including phenoxy) is 1. The molecule has 1 fully saturated rings. The number of hydrogen-bond donors (Lipinski definition) is 0. The van der Waals surface area contributed by atoms with E-state index in [0.29, 0.717) is 24.7 Å². The van der Waals surface area contributed by atoms with Gasteiger partial charge in [0.2, 0.25) is 11.8 Å². The molecule has 3 aromatic rings. The van der Waals surface area contributed by atoms with E-state index < -0.39 is 5.41 Å². The molecule has 1 aliphatic rings. The lowest BCUT2D eigenvalue weighted by atomic mass is 9.94. The monoisotopic (exact) mass is 462 g/mol. The van der Waals surface area contributed by atoms with Gasteiger partial charge in [0.25, 0.3) is 0 Å². The summed E-state index contributed by atoms with van der Waals surface area (Å²) in [5.74, 6) is 1.16. The minimum absolute atomic E-state index is 0.0329. The Balaban J connectivity index is 1.47. The van der Waals surface area contributed by atoms with Gasteiger partial charge in [-0.1, -0.05) is 32.9 Å². The van der Waals surface area contributed by atoms with E-state index in [9.17, 15) is 9.18 Å². The molecule has 0 unspecified atom stereocenters. The van der Waals surface area contributed by atoms with Crippen molar-refractivity contribution < 1.29 is 13.9 Å². The van der Waals surface area contributed by atoms with Gasteiger partial charge in [0, 0.05) is 36.1 Å². The molecule has 0 spiro atoms. The van der Waals surface area contributed by atoms with E-state index in [0.717, 1.165) is 30.8 Å². The molecule has 0 radical (unpaired) electrons. The smallest absolute Gasteiger partial charge is 0.232 e. The van der Waals surface area contributed by atoms with Crippen molar-refractivity contribution in [2.24, 2.45) is 5.41 Å². The van der Waals surface area contributed by atoms with E-state index in [1.165, 1.54) is 12.1 Å². The van der Waals surface area contributed by atoms with Gasteiger partial charge in [0.1, 0.15) is 18.2 Å². The number of rotatable bonds is 7. The van der Waals surface area contributed by atoms with Crippen molar-refractivity contribution in [1.82, 2.24) is 9.97 Å². The second kappa shape index (κ2) is 10.2. The average Bonchev–Trinajstić information content (AvgIpc) is 3.31. The summed E-state index contributed by atoms with van der Waals surface area (Å²) in [6.07, 6.45) is 5.66. The third kappa shape index (κ3) is 5.71.